The summed E-state index contributed by atoms with van der Waals surface area (Å²) in [5, 5.41) is 7.73. The van der Waals surface area contributed by atoms with Gasteiger partial charge in [-0.3, -0.25) is 0 Å². The van der Waals surface area contributed by atoms with Crippen LogP contribution in [0.2, 0.25) is 0 Å². The van der Waals surface area contributed by atoms with Crippen molar-refractivity contribution in [3.8, 4) is 5.75 Å². The molecular formula is C18H23F3N4OS. The molecule has 0 bridgehead atoms. The number of thiazole rings is 1. The molecule has 0 atom stereocenters. The van der Waals surface area contributed by atoms with Crippen molar-refractivity contribution in [2.45, 2.75) is 33.0 Å². The van der Waals surface area contributed by atoms with Crippen molar-refractivity contribution in [2.75, 3.05) is 20.2 Å². The van der Waals surface area contributed by atoms with E-state index >= 15 is 0 Å². The molecule has 0 aliphatic heterocycles. The Kier molecular flexibility index (Phi) is 7.46. The maximum Gasteiger partial charge on any atom is 0.434 e. The van der Waals surface area contributed by atoms with E-state index in [0.29, 0.717) is 37.0 Å². The van der Waals surface area contributed by atoms with Gasteiger partial charge in [-0.2, -0.15) is 13.2 Å². The van der Waals surface area contributed by atoms with Gasteiger partial charge in [0.25, 0.3) is 0 Å². The lowest BCUT2D eigenvalue weighted by Crippen LogP contribution is -2.38. The molecule has 27 heavy (non-hydrogen) atoms. The molecule has 1 aromatic heterocycles. The van der Waals surface area contributed by atoms with Crippen molar-refractivity contribution in [3.05, 3.63) is 45.4 Å². The first-order chi connectivity index (χ1) is 12.8. The fourth-order valence-corrected chi connectivity index (χ4v) is 3.20. The third-order valence-electron chi connectivity index (χ3n) is 3.70. The number of nitrogens with one attached hydrogen (secondary N) is 2. The van der Waals surface area contributed by atoms with Crippen LogP contribution >= 0.6 is 11.3 Å². The third kappa shape index (κ3) is 6.42. The highest BCUT2D eigenvalue weighted by molar-refractivity contribution is 7.09. The lowest BCUT2D eigenvalue weighted by Gasteiger charge is -2.11. The molecule has 0 aliphatic carbocycles. The summed E-state index contributed by atoms with van der Waals surface area (Å²) in [5.74, 6) is 1.44. The molecule has 0 saturated heterocycles. The molecular weight excluding hydrogens is 377 g/mol. The van der Waals surface area contributed by atoms with Crippen molar-refractivity contribution < 1.29 is 17.9 Å². The van der Waals surface area contributed by atoms with E-state index in [-0.39, 0.29) is 0 Å². The summed E-state index contributed by atoms with van der Waals surface area (Å²) < 4.78 is 43.0. The Balaban J connectivity index is 1.91. The predicted octanol–water partition coefficient (Wildman–Crippen LogP) is 3.78. The Hall–Kier alpha value is -2.29. The van der Waals surface area contributed by atoms with Gasteiger partial charge in [0.2, 0.25) is 0 Å². The smallest absolute Gasteiger partial charge is 0.434 e. The second kappa shape index (κ2) is 9.59. The SMILES string of the molecule is CCNC(=NCc1ccc(OC)c(C)c1)NCCc1nc(C(F)(F)F)cs1. The number of halogens is 3. The van der Waals surface area contributed by atoms with Gasteiger partial charge in [0.1, 0.15) is 5.75 Å². The van der Waals surface area contributed by atoms with Gasteiger partial charge in [0, 0.05) is 24.9 Å². The molecule has 0 unspecified atom stereocenters. The zero-order chi connectivity index (χ0) is 19.9. The Morgan fingerprint density at radius 2 is 2.07 bits per heavy atom. The van der Waals surface area contributed by atoms with E-state index in [4.69, 9.17) is 4.74 Å². The maximum absolute atomic E-state index is 12.6. The standard InChI is InChI=1S/C18H23F3N4OS/c1-4-22-17(24-10-13-5-6-14(26-3)12(2)9-13)23-8-7-16-25-15(11-27-16)18(19,20)21/h5-6,9,11H,4,7-8,10H2,1-3H3,(H2,22,23,24). The van der Waals surface area contributed by atoms with E-state index in [1.165, 1.54) is 0 Å². The van der Waals surface area contributed by atoms with Crippen molar-refractivity contribution in [3.63, 3.8) is 0 Å². The average Bonchev–Trinajstić information content (AvgIpc) is 3.09. The number of hydrogen-bond donors (Lipinski definition) is 2. The summed E-state index contributed by atoms with van der Waals surface area (Å²) in [7, 11) is 1.63. The summed E-state index contributed by atoms with van der Waals surface area (Å²) >= 11 is 1.01. The summed E-state index contributed by atoms with van der Waals surface area (Å²) in [6.45, 7) is 5.53. The Bertz CT molecular complexity index is 774. The van der Waals surface area contributed by atoms with Gasteiger partial charge in [-0.25, -0.2) is 9.98 Å². The quantitative estimate of drug-likeness (QED) is 0.549. The minimum absolute atomic E-state index is 0.396. The van der Waals surface area contributed by atoms with Crippen LogP contribution in [-0.2, 0) is 19.1 Å². The predicted molar refractivity (Wildman–Crippen MR) is 101 cm³/mol. The number of aliphatic imine (C=N–C) groups is 1. The molecule has 1 aromatic carbocycles. The highest BCUT2D eigenvalue weighted by atomic mass is 32.1. The molecule has 0 amide bonds. The molecule has 0 saturated carbocycles. The van der Waals surface area contributed by atoms with Crippen molar-refractivity contribution in [1.82, 2.24) is 15.6 Å². The highest BCUT2D eigenvalue weighted by Crippen LogP contribution is 2.30. The number of aromatic nitrogens is 1. The van der Waals surface area contributed by atoms with Gasteiger partial charge in [-0.1, -0.05) is 12.1 Å². The van der Waals surface area contributed by atoms with Crippen molar-refractivity contribution in [1.29, 1.82) is 0 Å². The van der Waals surface area contributed by atoms with Crippen molar-refractivity contribution in [2.24, 2.45) is 4.99 Å². The van der Waals surface area contributed by atoms with Crippen LogP contribution in [0.1, 0.15) is 28.8 Å². The number of alkyl halides is 3. The maximum atomic E-state index is 12.6. The van der Waals surface area contributed by atoms with E-state index in [2.05, 4.69) is 20.6 Å². The number of aryl methyl sites for hydroxylation is 1. The molecule has 0 spiro atoms. The van der Waals surface area contributed by atoms with Gasteiger partial charge >= 0.3 is 6.18 Å². The van der Waals surface area contributed by atoms with Gasteiger partial charge in [-0.15, -0.1) is 11.3 Å². The number of benzene rings is 1. The van der Waals surface area contributed by atoms with Crippen LogP contribution in [0.3, 0.4) is 0 Å². The van der Waals surface area contributed by atoms with E-state index in [9.17, 15) is 13.2 Å². The second-order valence-electron chi connectivity index (χ2n) is 5.80. The number of nitrogens with zero attached hydrogens (tertiary/aromatic N) is 2. The summed E-state index contributed by atoms with van der Waals surface area (Å²) in [5.41, 5.74) is 1.24. The summed E-state index contributed by atoms with van der Waals surface area (Å²) in [6.07, 6.45) is -4.00. The Morgan fingerprint density at radius 3 is 2.67 bits per heavy atom. The molecule has 148 valence electrons. The number of rotatable bonds is 7. The fraction of sp³-hybridized carbons (Fsp3) is 0.444. The number of methoxy groups -OCH3 is 1. The van der Waals surface area contributed by atoms with Crippen molar-refractivity contribution >= 4 is 17.3 Å². The van der Waals surface area contributed by atoms with E-state index in [1.54, 1.807) is 7.11 Å². The van der Waals surface area contributed by atoms with E-state index in [1.807, 2.05) is 32.0 Å². The van der Waals surface area contributed by atoms with E-state index < -0.39 is 11.9 Å². The van der Waals surface area contributed by atoms with Crippen LogP contribution in [0.5, 0.6) is 5.75 Å². The Labute approximate surface area is 160 Å². The van der Waals surface area contributed by atoms with Crippen LogP contribution in [0.25, 0.3) is 0 Å². The van der Waals surface area contributed by atoms with Crippen LogP contribution in [-0.4, -0.2) is 31.1 Å². The zero-order valence-corrected chi connectivity index (χ0v) is 16.3. The minimum Gasteiger partial charge on any atom is -0.496 e. The van der Waals surface area contributed by atoms with Crippen LogP contribution < -0.4 is 15.4 Å². The Morgan fingerprint density at radius 1 is 1.30 bits per heavy atom. The summed E-state index contributed by atoms with van der Waals surface area (Å²) in [6, 6.07) is 5.87. The molecule has 2 aromatic rings. The van der Waals surface area contributed by atoms with Crippen LogP contribution in [0.15, 0.2) is 28.6 Å². The minimum atomic E-state index is -4.39. The molecule has 9 heteroatoms. The molecule has 0 radical (unpaired) electrons. The molecule has 5 nitrogen and oxygen atoms in total. The van der Waals surface area contributed by atoms with Crippen LogP contribution in [0.4, 0.5) is 13.2 Å². The van der Waals surface area contributed by atoms with Gasteiger partial charge in [-0.05, 0) is 31.0 Å². The number of hydrogen-bond acceptors (Lipinski definition) is 4. The average molecular weight is 400 g/mol. The largest absolute Gasteiger partial charge is 0.496 e. The first-order valence-electron chi connectivity index (χ1n) is 8.50. The van der Waals surface area contributed by atoms with Gasteiger partial charge < -0.3 is 15.4 Å². The lowest BCUT2D eigenvalue weighted by molar-refractivity contribution is -0.140. The first kappa shape index (κ1) is 21.0. The molecule has 0 aliphatic rings. The number of ether oxygens (including phenoxy) is 1. The molecule has 0 fully saturated rings. The number of guanidine groups is 1. The lowest BCUT2D eigenvalue weighted by atomic mass is 10.1. The summed E-state index contributed by atoms with van der Waals surface area (Å²) in [4.78, 5) is 8.14. The third-order valence-corrected chi connectivity index (χ3v) is 4.61. The highest BCUT2D eigenvalue weighted by Gasteiger charge is 2.33. The molecule has 1 heterocycles. The van der Waals surface area contributed by atoms with Gasteiger partial charge in [0.15, 0.2) is 11.7 Å². The normalized spacial score (nSPS) is 12.1. The second-order valence-corrected chi connectivity index (χ2v) is 6.74. The van der Waals surface area contributed by atoms with Crippen LogP contribution in [0, 0.1) is 6.92 Å². The first-order valence-corrected chi connectivity index (χ1v) is 9.38. The monoisotopic (exact) mass is 400 g/mol. The van der Waals surface area contributed by atoms with Gasteiger partial charge in [0.05, 0.1) is 18.7 Å². The molecule has 2 rings (SSSR count). The topological polar surface area (TPSA) is 58.5 Å². The fourth-order valence-electron chi connectivity index (χ4n) is 2.39. The molecule has 2 N–H and O–H groups in total. The zero-order valence-electron chi connectivity index (χ0n) is 15.5. The van der Waals surface area contributed by atoms with E-state index in [0.717, 1.165) is 33.6 Å².